The van der Waals surface area contributed by atoms with E-state index in [1.807, 2.05) is 0 Å². The fourth-order valence-electron chi connectivity index (χ4n) is 1.48. The summed E-state index contributed by atoms with van der Waals surface area (Å²) in [6.07, 6.45) is -3.74. The molecule has 2 rings (SSSR count). The third kappa shape index (κ3) is 4.76. The molecule has 0 bridgehead atoms. The van der Waals surface area contributed by atoms with E-state index >= 15 is 0 Å². The molecule has 0 unspecified atom stereocenters. The lowest BCUT2D eigenvalue weighted by Gasteiger charge is -2.10. The van der Waals surface area contributed by atoms with Crippen LogP contribution in [0.4, 0.5) is 13.2 Å². The normalized spacial score (nSPS) is 11.0. The predicted octanol–water partition coefficient (Wildman–Crippen LogP) is 4.79. The molecule has 24 heavy (non-hydrogen) atoms. The van der Waals surface area contributed by atoms with E-state index in [2.05, 4.69) is 9.87 Å². The van der Waals surface area contributed by atoms with Gasteiger partial charge in [0.05, 0.1) is 5.56 Å². The van der Waals surface area contributed by atoms with Crippen molar-refractivity contribution in [2.75, 3.05) is 0 Å². The smallest absolute Gasteiger partial charge is 0.417 e. The molecule has 2 aromatic rings. The summed E-state index contributed by atoms with van der Waals surface area (Å²) in [6.45, 7) is 1.61. The van der Waals surface area contributed by atoms with Gasteiger partial charge in [-0.2, -0.15) is 13.2 Å². The quantitative estimate of drug-likeness (QED) is 0.566. The number of alkyl halides is 3. The highest BCUT2D eigenvalue weighted by Gasteiger charge is 2.31. The molecule has 128 valence electrons. The Morgan fingerprint density at radius 2 is 1.83 bits per heavy atom. The van der Waals surface area contributed by atoms with Crippen LogP contribution in [-0.2, 0) is 15.9 Å². The lowest BCUT2D eigenvalue weighted by Crippen LogP contribution is -2.06. The zero-order chi connectivity index (χ0) is 17.7. The van der Waals surface area contributed by atoms with Gasteiger partial charge in [-0.3, -0.25) is 9.78 Å². The van der Waals surface area contributed by atoms with E-state index in [1.165, 1.54) is 24.3 Å². The van der Waals surface area contributed by atoms with Gasteiger partial charge in [-0.15, -0.1) is 0 Å². The fraction of sp³-hybridized carbons (Fsp3) is 0.200. The second-order valence-corrected chi connectivity index (χ2v) is 4.88. The van der Waals surface area contributed by atoms with Crippen molar-refractivity contribution in [1.82, 2.24) is 4.98 Å². The first-order valence-corrected chi connectivity index (χ1v) is 7.05. The van der Waals surface area contributed by atoms with Crippen LogP contribution in [0.25, 0.3) is 0 Å². The van der Waals surface area contributed by atoms with E-state index in [1.54, 1.807) is 6.92 Å². The van der Waals surface area contributed by atoms with Gasteiger partial charge >= 0.3 is 12.1 Å². The number of ether oxygens (including phenoxy) is 1. The first-order valence-electron chi connectivity index (χ1n) is 6.67. The summed E-state index contributed by atoms with van der Waals surface area (Å²) in [5.41, 5.74) is -0.971. The summed E-state index contributed by atoms with van der Waals surface area (Å²) in [5, 5.41) is -0.276. The highest BCUT2D eigenvalue weighted by atomic mass is 35.5. The second-order valence-electron chi connectivity index (χ2n) is 4.47. The minimum atomic E-state index is -4.54. The van der Waals surface area contributed by atoms with Crippen LogP contribution in [0.2, 0.25) is 5.02 Å². The largest absolute Gasteiger partial charge is 0.438 e. The number of hydrogen-bond acceptors (Lipinski definition) is 5. The van der Waals surface area contributed by atoms with Crippen molar-refractivity contribution in [3.8, 4) is 17.4 Å². The number of nitrogens with zero attached hydrogens (tertiary/aromatic N) is 1. The second kappa shape index (κ2) is 7.39. The molecule has 1 aromatic carbocycles. The molecule has 0 saturated carbocycles. The molecule has 5 nitrogen and oxygen atoms in total. The third-order valence-corrected chi connectivity index (χ3v) is 2.96. The lowest BCUT2D eigenvalue weighted by atomic mass is 10.3. The standard InChI is InChI=1S/C15H11ClF3NO4/c1-2-13(21)24-23-11-5-3-10(4-6-11)22-14-12(16)7-9(8-20-14)15(17,18)19/h3-8H,2H2,1H3. The monoisotopic (exact) mass is 361 g/mol. The first kappa shape index (κ1) is 17.9. The molecule has 9 heteroatoms. The van der Waals surface area contributed by atoms with Crippen molar-refractivity contribution in [2.24, 2.45) is 0 Å². The van der Waals surface area contributed by atoms with Crippen LogP contribution in [0.15, 0.2) is 36.5 Å². The van der Waals surface area contributed by atoms with Crippen LogP contribution in [0, 0.1) is 0 Å². The highest BCUT2D eigenvalue weighted by Crippen LogP contribution is 2.34. The number of hydrogen-bond donors (Lipinski definition) is 0. The maximum absolute atomic E-state index is 12.5. The Kier molecular flexibility index (Phi) is 5.50. The topological polar surface area (TPSA) is 57.7 Å². The van der Waals surface area contributed by atoms with Gasteiger partial charge in [0.1, 0.15) is 10.8 Å². The summed E-state index contributed by atoms with van der Waals surface area (Å²) < 4.78 is 42.9. The molecule has 0 radical (unpaired) electrons. The maximum atomic E-state index is 12.5. The Labute approximate surface area is 139 Å². The summed E-state index contributed by atoms with van der Waals surface area (Å²) in [6, 6.07) is 6.51. The SMILES string of the molecule is CCC(=O)OOc1ccc(Oc2ncc(C(F)(F)F)cc2Cl)cc1. The molecule has 0 aliphatic heterocycles. The number of carbonyl (C=O) groups is 1. The molecule has 0 amide bonds. The van der Waals surface area contributed by atoms with Crippen molar-refractivity contribution in [1.29, 1.82) is 0 Å². The van der Waals surface area contributed by atoms with Crippen molar-refractivity contribution >= 4 is 17.6 Å². The van der Waals surface area contributed by atoms with E-state index in [0.29, 0.717) is 6.20 Å². The van der Waals surface area contributed by atoms with E-state index in [0.717, 1.165) is 6.07 Å². The van der Waals surface area contributed by atoms with Crippen LogP contribution in [0.1, 0.15) is 18.9 Å². The van der Waals surface area contributed by atoms with Crippen LogP contribution in [0.5, 0.6) is 17.4 Å². The van der Waals surface area contributed by atoms with E-state index in [4.69, 9.17) is 21.2 Å². The Morgan fingerprint density at radius 3 is 2.38 bits per heavy atom. The molecular weight excluding hydrogens is 351 g/mol. The van der Waals surface area contributed by atoms with Gasteiger partial charge in [0.15, 0.2) is 5.75 Å². The zero-order valence-electron chi connectivity index (χ0n) is 12.3. The minimum absolute atomic E-state index is 0.166. The predicted molar refractivity (Wildman–Crippen MR) is 77.8 cm³/mol. The summed E-state index contributed by atoms with van der Waals surface area (Å²) in [7, 11) is 0. The Morgan fingerprint density at radius 1 is 1.21 bits per heavy atom. The number of carbonyl (C=O) groups excluding carboxylic acids is 1. The van der Waals surface area contributed by atoms with Gasteiger partial charge < -0.3 is 4.74 Å². The van der Waals surface area contributed by atoms with Crippen molar-refractivity contribution in [2.45, 2.75) is 19.5 Å². The number of halogens is 4. The van der Waals surface area contributed by atoms with Crippen LogP contribution in [-0.4, -0.2) is 11.0 Å². The molecule has 0 N–H and O–H groups in total. The molecule has 1 aromatic heterocycles. The Hall–Kier alpha value is -2.48. The van der Waals surface area contributed by atoms with Gasteiger partial charge in [-0.05, 0) is 30.3 Å². The molecule has 0 aliphatic carbocycles. The summed E-state index contributed by atoms with van der Waals surface area (Å²) >= 11 is 5.75. The van der Waals surface area contributed by atoms with Crippen LogP contribution in [0.3, 0.4) is 0 Å². The molecule has 0 spiro atoms. The average molecular weight is 362 g/mol. The average Bonchev–Trinajstić information content (AvgIpc) is 2.54. The molecule has 1 heterocycles. The van der Waals surface area contributed by atoms with Gasteiger partial charge in [-0.25, -0.2) is 9.78 Å². The van der Waals surface area contributed by atoms with E-state index in [-0.39, 0.29) is 28.8 Å². The van der Waals surface area contributed by atoms with Gasteiger partial charge in [0.25, 0.3) is 0 Å². The number of aromatic nitrogens is 1. The minimum Gasteiger partial charge on any atom is -0.438 e. The third-order valence-electron chi connectivity index (χ3n) is 2.69. The molecule has 0 atom stereocenters. The highest BCUT2D eigenvalue weighted by molar-refractivity contribution is 6.31. The van der Waals surface area contributed by atoms with Crippen LogP contribution < -0.4 is 9.62 Å². The summed E-state index contributed by atoms with van der Waals surface area (Å²) in [4.78, 5) is 23.8. The van der Waals surface area contributed by atoms with E-state index in [9.17, 15) is 18.0 Å². The Balaban J connectivity index is 2.05. The van der Waals surface area contributed by atoms with Gasteiger partial charge in [-0.1, -0.05) is 18.5 Å². The van der Waals surface area contributed by atoms with Crippen LogP contribution >= 0.6 is 11.6 Å². The molecule has 0 fully saturated rings. The van der Waals surface area contributed by atoms with Gasteiger partial charge in [0, 0.05) is 12.6 Å². The van der Waals surface area contributed by atoms with Crippen molar-refractivity contribution < 1.29 is 32.5 Å². The number of benzene rings is 1. The molecule has 0 aliphatic rings. The number of rotatable bonds is 5. The lowest BCUT2D eigenvalue weighted by molar-refractivity contribution is -0.213. The number of pyridine rings is 1. The van der Waals surface area contributed by atoms with E-state index < -0.39 is 17.7 Å². The van der Waals surface area contributed by atoms with Crippen molar-refractivity contribution in [3.05, 3.63) is 47.1 Å². The Bertz CT molecular complexity index is 720. The maximum Gasteiger partial charge on any atom is 0.417 e. The van der Waals surface area contributed by atoms with Gasteiger partial charge in [0.2, 0.25) is 5.88 Å². The van der Waals surface area contributed by atoms with Crippen molar-refractivity contribution in [3.63, 3.8) is 0 Å². The molecule has 0 saturated heterocycles. The molecular formula is C15H11ClF3NO4. The zero-order valence-corrected chi connectivity index (χ0v) is 13.0. The first-order chi connectivity index (χ1) is 11.3. The fourth-order valence-corrected chi connectivity index (χ4v) is 1.69. The summed E-state index contributed by atoms with van der Waals surface area (Å²) in [5.74, 6) is -0.194.